The van der Waals surface area contributed by atoms with Crippen molar-refractivity contribution in [3.8, 4) is 0 Å². The number of hydrogen-bond acceptors (Lipinski definition) is 6. The fraction of sp³-hybridized carbons (Fsp3) is 0.609. The number of piperidine rings is 2. The number of hydrogen-bond donors (Lipinski definition) is 1. The summed E-state index contributed by atoms with van der Waals surface area (Å²) in [4.78, 5) is 32.0. The molecule has 9 nitrogen and oxygen atoms in total. The van der Waals surface area contributed by atoms with Crippen molar-refractivity contribution < 1.29 is 22.7 Å². The standard InChI is InChI=1S/C23H31ClN4O5S/c1-16(2)15-33-22(30)27-10-4-5-17(14-27)20-25-21(29)23(26-20)8-11-28(12-9-23)34(31,32)19-7-3-6-18(24)13-19/h3,6-7,13,16-17H,4-5,8-12,14-15H2,1-2H3,(H,25,26,29). The molecule has 1 N–H and O–H groups in total. The molecule has 0 aromatic heterocycles. The summed E-state index contributed by atoms with van der Waals surface area (Å²) in [5.41, 5.74) is -0.962. The topological polar surface area (TPSA) is 108 Å². The van der Waals surface area contributed by atoms with Gasteiger partial charge in [0, 0.05) is 37.1 Å². The molecule has 2 amide bonds. The number of likely N-dealkylation sites (tertiary alicyclic amines) is 1. The Kier molecular flexibility index (Phi) is 7.21. The zero-order valence-corrected chi connectivity index (χ0v) is 21.1. The molecule has 3 aliphatic heterocycles. The number of amides is 2. The minimum absolute atomic E-state index is 0.0723. The maximum atomic E-state index is 13.0. The van der Waals surface area contributed by atoms with Gasteiger partial charge in [-0.2, -0.15) is 4.31 Å². The zero-order chi connectivity index (χ0) is 24.5. The van der Waals surface area contributed by atoms with E-state index in [-0.39, 0.29) is 41.8 Å². The second-order valence-corrected chi connectivity index (χ2v) is 12.0. The van der Waals surface area contributed by atoms with Gasteiger partial charge in [-0.1, -0.05) is 31.5 Å². The molecule has 3 aliphatic rings. The maximum Gasteiger partial charge on any atom is 0.409 e. The highest BCUT2D eigenvalue weighted by molar-refractivity contribution is 7.89. The van der Waals surface area contributed by atoms with E-state index in [2.05, 4.69) is 5.32 Å². The number of amidine groups is 1. The Labute approximate surface area is 205 Å². The number of ether oxygens (including phenoxy) is 1. The minimum atomic E-state index is -3.70. The van der Waals surface area contributed by atoms with Gasteiger partial charge in [-0.3, -0.25) is 9.79 Å². The quantitative estimate of drug-likeness (QED) is 0.655. The predicted octanol–water partition coefficient (Wildman–Crippen LogP) is 2.90. The summed E-state index contributed by atoms with van der Waals surface area (Å²) in [7, 11) is -3.70. The van der Waals surface area contributed by atoms with E-state index < -0.39 is 15.6 Å². The monoisotopic (exact) mass is 510 g/mol. The number of carbonyl (C=O) groups excluding carboxylic acids is 2. The van der Waals surface area contributed by atoms with Crippen LogP contribution in [-0.2, 0) is 19.6 Å². The van der Waals surface area contributed by atoms with Crippen molar-refractivity contribution in [2.45, 2.75) is 50.0 Å². The fourth-order valence-corrected chi connectivity index (χ4v) is 6.39. The van der Waals surface area contributed by atoms with Gasteiger partial charge in [-0.15, -0.1) is 0 Å². The summed E-state index contributed by atoms with van der Waals surface area (Å²) in [5, 5.41) is 3.29. The van der Waals surface area contributed by atoms with E-state index in [1.165, 1.54) is 16.4 Å². The Morgan fingerprint density at radius 2 is 2.03 bits per heavy atom. The van der Waals surface area contributed by atoms with Crippen LogP contribution < -0.4 is 5.32 Å². The SMILES string of the molecule is CC(C)COC(=O)N1CCCC(C2=NC3(CCN(S(=O)(=O)c4cccc(Cl)c4)CC3)C(=O)N2)C1. The number of rotatable bonds is 5. The maximum absolute atomic E-state index is 13.0. The molecule has 1 atom stereocenters. The van der Waals surface area contributed by atoms with Crippen LogP contribution in [0.5, 0.6) is 0 Å². The second-order valence-electron chi connectivity index (χ2n) is 9.60. The third-order valence-corrected chi connectivity index (χ3v) is 8.72. The highest BCUT2D eigenvalue weighted by Gasteiger charge is 2.49. The highest BCUT2D eigenvalue weighted by atomic mass is 35.5. The molecule has 1 aromatic rings. The Morgan fingerprint density at radius 3 is 2.71 bits per heavy atom. The van der Waals surface area contributed by atoms with E-state index >= 15 is 0 Å². The normalized spacial score (nSPS) is 23.2. The fourth-order valence-electron chi connectivity index (χ4n) is 4.64. The van der Waals surface area contributed by atoms with Crippen LogP contribution >= 0.6 is 11.6 Å². The van der Waals surface area contributed by atoms with Crippen molar-refractivity contribution in [1.29, 1.82) is 0 Å². The number of aliphatic imine (C=N–C) groups is 1. The summed E-state index contributed by atoms with van der Waals surface area (Å²) in [6.07, 6.45) is 1.88. The van der Waals surface area contributed by atoms with Crippen LogP contribution in [0.1, 0.15) is 39.5 Å². The molecule has 0 saturated carbocycles. The van der Waals surface area contributed by atoms with E-state index in [0.717, 1.165) is 12.8 Å². The van der Waals surface area contributed by atoms with Gasteiger partial charge < -0.3 is 15.0 Å². The van der Waals surface area contributed by atoms with Gasteiger partial charge in [0.05, 0.1) is 11.5 Å². The van der Waals surface area contributed by atoms with Crippen molar-refractivity contribution >= 4 is 39.5 Å². The number of carbonyl (C=O) groups is 2. The molecule has 0 aliphatic carbocycles. The molecule has 1 aromatic carbocycles. The van der Waals surface area contributed by atoms with E-state index in [1.54, 1.807) is 17.0 Å². The molecule has 11 heteroatoms. The van der Waals surface area contributed by atoms with E-state index in [4.69, 9.17) is 21.3 Å². The molecule has 2 saturated heterocycles. The lowest BCUT2D eigenvalue weighted by atomic mass is 9.89. The molecule has 0 bridgehead atoms. The molecule has 1 spiro atoms. The van der Waals surface area contributed by atoms with Crippen LogP contribution in [0.4, 0.5) is 4.79 Å². The summed E-state index contributed by atoms with van der Waals surface area (Å²) < 4.78 is 32.8. The minimum Gasteiger partial charge on any atom is -0.449 e. The number of halogens is 1. The van der Waals surface area contributed by atoms with Crippen LogP contribution in [0.25, 0.3) is 0 Å². The van der Waals surface area contributed by atoms with Crippen LogP contribution in [0.15, 0.2) is 34.2 Å². The smallest absolute Gasteiger partial charge is 0.409 e. The molecular weight excluding hydrogens is 480 g/mol. The van der Waals surface area contributed by atoms with E-state index in [0.29, 0.717) is 43.4 Å². The molecule has 0 radical (unpaired) electrons. The van der Waals surface area contributed by atoms with Gasteiger partial charge >= 0.3 is 6.09 Å². The lowest BCUT2D eigenvalue weighted by Gasteiger charge is -2.34. The van der Waals surface area contributed by atoms with Gasteiger partial charge in [-0.05, 0) is 49.8 Å². The molecule has 4 rings (SSSR count). The highest BCUT2D eigenvalue weighted by Crippen LogP contribution is 2.34. The first-order chi connectivity index (χ1) is 16.1. The first kappa shape index (κ1) is 24.9. The van der Waals surface area contributed by atoms with Gasteiger partial charge in [0.25, 0.3) is 5.91 Å². The average molecular weight is 511 g/mol. The lowest BCUT2D eigenvalue weighted by Crippen LogP contribution is -2.50. The van der Waals surface area contributed by atoms with Crippen molar-refractivity contribution in [2.24, 2.45) is 16.8 Å². The number of nitrogens with one attached hydrogen (secondary N) is 1. The molecule has 34 heavy (non-hydrogen) atoms. The van der Waals surface area contributed by atoms with Gasteiger partial charge in [0.15, 0.2) is 0 Å². The van der Waals surface area contributed by atoms with Crippen LogP contribution in [0.3, 0.4) is 0 Å². The van der Waals surface area contributed by atoms with Gasteiger partial charge in [-0.25, -0.2) is 13.2 Å². The van der Waals surface area contributed by atoms with Crippen LogP contribution in [-0.4, -0.2) is 73.8 Å². The van der Waals surface area contributed by atoms with Crippen LogP contribution in [0, 0.1) is 11.8 Å². The molecule has 2 fully saturated rings. The van der Waals surface area contributed by atoms with E-state index in [9.17, 15) is 18.0 Å². The van der Waals surface area contributed by atoms with Crippen LogP contribution in [0.2, 0.25) is 5.02 Å². The van der Waals surface area contributed by atoms with Gasteiger partial charge in [0.1, 0.15) is 11.4 Å². The Morgan fingerprint density at radius 1 is 1.29 bits per heavy atom. The summed E-state index contributed by atoms with van der Waals surface area (Å²) >= 11 is 5.97. The van der Waals surface area contributed by atoms with Crippen molar-refractivity contribution in [2.75, 3.05) is 32.8 Å². The molecule has 186 valence electrons. The Hall–Kier alpha value is -2.17. The largest absolute Gasteiger partial charge is 0.449 e. The number of nitrogens with zero attached hydrogens (tertiary/aromatic N) is 3. The molecule has 3 heterocycles. The second kappa shape index (κ2) is 9.83. The van der Waals surface area contributed by atoms with Crippen molar-refractivity contribution in [3.63, 3.8) is 0 Å². The lowest BCUT2D eigenvalue weighted by molar-refractivity contribution is -0.125. The molecular formula is C23H31ClN4O5S. The molecule has 1 unspecified atom stereocenters. The predicted molar refractivity (Wildman–Crippen MR) is 128 cm³/mol. The summed E-state index contributed by atoms with van der Waals surface area (Å²) in [5.74, 6) is 0.590. The third kappa shape index (κ3) is 5.08. The van der Waals surface area contributed by atoms with E-state index in [1.807, 2.05) is 13.8 Å². The summed E-state index contributed by atoms with van der Waals surface area (Å²) in [6.45, 7) is 5.79. The summed E-state index contributed by atoms with van der Waals surface area (Å²) in [6, 6.07) is 6.18. The van der Waals surface area contributed by atoms with Crippen molar-refractivity contribution in [1.82, 2.24) is 14.5 Å². The average Bonchev–Trinajstić information content (AvgIpc) is 3.13. The zero-order valence-electron chi connectivity index (χ0n) is 19.5. The van der Waals surface area contributed by atoms with Crippen molar-refractivity contribution in [3.05, 3.63) is 29.3 Å². The Balaban J connectivity index is 1.42. The number of benzene rings is 1. The first-order valence-corrected chi connectivity index (χ1v) is 13.5. The first-order valence-electron chi connectivity index (χ1n) is 11.7. The Bertz CT molecular complexity index is 1080. The third-order valence-electron chi connectivity index (χ3n) is 6.59. The number of sulfonamides is 1. The van der Waals surface area contributed by atoms with Gasteiger partial charge in [0.2, 0.25) is 10.0 Å².